The standard InChI is InChI=1S/C42H92N8/c1-3-43-29-17-19-33-47-37-25-27-41-49-39-23-21-35-45-31-15-13-11-9-7-5-6-8-10-12-14-16-32-46-36-22-24-40-50-42-28-26-38-48-34-20-18-30-44-4-2/h5-6,43-50H,3-4,7-42H2,1-2H3/b6-5-. The van der Waals surface area contributed by atoms with Crippen LogP contribution in [0.2, 0.25) is 0 Å². The molecule has 0 atom stereocenters. The van der Waals surface area contributed by atoms with Gasteiger partial charge in [-0.15, -0.1) is 0 Å². The minimum atomic E-state index is 1.09. The van der Waals surface area contributed by atoms with Crippen molar-refractivity contribution in [2.75, 3.05) is 105 Å². The van der Waals surface area contributed by atoms with Crippen LogP contribution in [0.3, 0.4) is 0 Å². The SMILES string of the molecule is CCNCCCCNCCCCNCCCCNCCCCCC/C=C\CCCCCCNCCCCNCCCCNCCCCNCC. The van der Waals surface area contributed by atoms with Gasteiger partial charge in [0.05, 0.1) is 0 Å². The van der Waals surface area contributed by atoms with E-state index in [4.69, 9.17) is 0 Å². The Morgan fingerprint density at radius 3 is 0.620 bits per heavy atom. The highest BCUT2D eigenvalue weighted by atomic mass is 14.9. The predicted octanol–water partition coefficient (Wildman–Crippen LogP) is 6.88. The number of unbranched alkanes of at least 4 members (excludes halogenated alkanes) is 14. The van der Waals surface area contributed by atoms with Crippen LogP contribution in [-0.4, -0.2) is 105 Å². The summed E-state index contributed by atoms with van der Waals surface area (Å²) in [5.41, 5.74) is 0. The van der Waals surface area contributed by atoms with E-state index in [0.717, 1.165) is 26.2 Å². The topological polar surface area (TPSA) is 96.2 Å². The van der Waals surface area contributed by atoms with Crippen LogP contribution in [0.15, 0.2) is 12.2 Å². The quantitative estimate of drug-likeness (QED) is 0.0256. The molecule has 0 aliphatic heterocycles. The maximum atomic E-state index is 3.64. The fraction of sp³-hybridized carbons (Fsp3) is 0.952. The monoisotopic (exact) mass is 709 g/mol. The van der Waals surface area contributed by atoms with Crippen LogP contribution in [0.4, 0.5) is 0 Å². The van der Waals surface area contributed by atoms with Gasteiger partial charge in [0.25, 0.3) is 0 Å². The van der Waals surface area contributed by atoms with Crippen molar-refractivity contribution >= 4 is 0 Å². The van der Waals surface area contributed by atoms with Crippen molar-refractivity contribution in [1.82, 2.24) is 42.5 Å². The van der Waals surface area contributed by atoms with E-state index < -0.39 is 0 Å². The molecule has 0 aliphatic carbocycles. The molecule has 0 saturated carbocycles. The van der Waals surface area contributed by atoms with Crippen molar-refractivity contribution in [3.8, 4) is 0 Å². The number of rotatable bonds is 46. The zero-order valence-corrected chi connectivity index (χ0v) is 34.0. The molecule has 50 heavy (non-hydrogen) atoms. The van der Waals surface area contributed by atoms with Gasteiger partial charge in [-0.25, -0.2) is 0 Å². The van der Waals surface area contributed by atoms with E-state index in [9.17, 15) is 0 Å². The van der Waals surface area contributed by atoms with Crippen molar-refractivity contribution in [2.24, 2.45) is 0 Å². The van der Waals surface area contributed by atoms with Gasteiger partial charge in [-0.2, -0.15) is 0 Å². The lowest BCUT2D eigenvalue weighted by Crippen LogP contribution is -2.22. The second-order valence-corrected chi connectivity index (χ2v) is 14.3. The lowest BCUT2D eigenvalue weighted by atomic mass is 10.1. The molecule has 8 N–H and O–H groups in total. The molecule has 8 heteroatoms. The van der Waals surface area contributed by atoms with E-state index in [1.807, 2.05) is 0 Å². The van der Waals surface area contributed by atoms with E-state index >= 15 is 0 Å². The zero-order valence-electron chi connectivity index (χ0n) is 34.0. The fourth-order valence-electron chi connectivity index (χ4n) is 6.07. The average Bonchev–Trinajstić information content (AvgIpc) is 3.13. The first kappa shape index (κ1) is 49.4. The Labute approximate surface area is 313 Å². The molecule has 0 aromatic heterocycles. The van der Waals surface area contributed by atoms with Gasteiger partial charge in [-0.05, 0) is 220 Å². The molecule has 0 aromatic carbocycles. The van der Waals surface area contributed by atoms with Gasteiger partial charge in [0.2, 0.25) is 0 Å². The molecular weight excluding hydrogens is 617 g/mol. The predicted molar refractivity (Wildman–Crippen MR) is 225 cm³/mol. The van der Waals surface area contributed by atoms with Crippen LogP contribution in [-0.2, 0) is 0 Å². The Balaban J connectivity index is 3.09. The van der Waals surface area contributed by atoms with Crippen molar-refractivity contribution < 1.29 is 0 Å². The summed E-state index contributed by atoms with van der Waals surface area (Å²) in [5.74, 6) is 0. The summed E-state index contributed by atoms with van der Waals surface area (Å²) in [6.45, 7) is 22.9. The molecule has 0 spiro atoms. The third-order valence-electron chi connectivity index (χ3n) is 9.36. The first-order valence-electron chi connectivity index (χ1n) is 22.2. The summed E-state index contributed by atoms with van der Waals surface area (Å²) in [6.07, 6.45) is 33.7. The third kappa shape index (κ3) is 47.4. The highest BCUT2D eigenvalue weighted by Crippen LogP contribution is 2.06. The maximum Gasteiger partial charge on any atom is -0.00484 e. The normalized spacial score (nSPS) is 11.8. The van der Waals surface area contributed by atoms with Crippen LogP contribution in [0.5, 0.6) is 0 Å². The molecule has 0 heterocycles. The highest BCUT2D eigenvalue weighted by Gasteiger charge is 1.96. The van der Waals surface area contributed by atoms with E-state index in [0.29, 0.717) is 0 Å². The average molecular weight is 709 g/mol. The first-order chi connectivity index (χ1) is 24.9. The zero-order chi connectivity index (χ0) is 35.9. The van der Waals surface area contributed by atoms with E-state index in [2.05, 4.69) is 68.5 Å². The third-order valence-corrected chi connectivity index (χ3v) is 9.36. The molecule has 300 valence electrons. The molecular formula is C42H92N8. The van der Waals surface area contributed by atoms with E-state index in [1.54, 1.807) is 0 Å². The van der Waals surface area contributed by atoms with Gasteiger partial charge in [-0.1, -0.05) is 51.7 Å². The van der Waals surface area contributed by atoms with Crippen LogP contribution in [0.25, 0.3) is 0 Å². The van der Waals surface area contributed by atoms with Gasteiger partial charge in [0, 0.05) is 0 Å². The van der Waals surface area contributed by atoms with Gasteiger partial charge in [0.1, 0.15) is 0 Å². The van der Waals surface area contributed by atoms with Crippen molar-refractivity contribution in [1.29, 1.82) is 0 Å². The van der Waals surface area contributed by atoms with Crippen molar-refractivity contribution in [3.05, 3.63) is 12.2 Å². The number of allylic oxidation sites excluding steroid dienone is 2. The lowest BCUT2D eigenvalue weighted by molar-refractivity contribution is 0.536. The Bertz CT molecular complexity index is 556. The minimum Gasteiger partial charge on any atom is -0.317 e. The second-order valence-electron chi connectivity index (χ2n) is 14.3. The lowest BCUT2D eigenvalue weighted by Gasteiger charge is -2.07. The summed E-state index contributed by atoms with van der Waals surface area (Å²) in [6, 6.07) is 0. The van der Waals surface area contributed by atoms with Gasteiger partial charge >= 0.3 is 0 Å². The summed E-state index contributed by atoms with van der Waals surface area (Å²) in [4.78, 5) is 0. The van der Waals surface area contributed by atoms with E-state index in [1.165, 1.54) is 220 Å². The van der Waals surface area contributed by atoms with E-state index in [-0.39, 0.29) is 0 Å². The Morgan fingerprint density at radius 2 is 0.400 bits per heavy atom. The minimum absolute atomic E-state index is 1.09. The molecule has 0 rings (SSSR count). The molecule has 0 radical (unpaired) electrons. The Kier molecular flexibility index (Phi) is 47.9. The first-order valence-corrected chi connectivity index (χ1v) is 22.2. The van der Waals surface area contributed by atoms with Gasteiger partial charge < -0.3 is 42.5 Å². The van der Waals surface area contributed by atoms with Crippen molar-refractivity contribution in [3.63, 3.8) is 0 Å². The molecule has 0 fully saturated rings. The van der Waals surface area contributed by atoms with Crippen LogP contribution in [0.1, 0.15) is 155 Å². The van der Waals surface area contributed by atoms with Crippen LogP contribution in [0, 0.1) is 0 Å². The molecule has 0 unspecified atom stereocenters. The molecule has 0 aliphatic rings. The van der Waals surface area contributed by atoms with Crippen LogP contribution >= 0.6 is 0 Å². The smallest absolute Gasteiger partial charge is 0.00484 e. The van der Waals surface area contributed by atoms with Crippen molar-refractivity contribution in [2.45, 2.75) is 155 Å². The van der Waals surface area contributed by atoms with Gasteiger partial charge in [0.15, 0.2) is 0 Å². The summed E-state index contributed by atoms with van der Waals surface area (Å²) >= 11 is 0. The molecule has 0 amide bonds. The molecule has 0 aromatic rings. The Morgan fingerprint density at radius 1 is 0.220 bits per heavy atom. The summed E-state index contributed by atoms with van der Waals surface area (Å²) in [7, 11) is 0. The second kappa shape index (κ2) is 48.4. The largest absolute Gasteiger partial charge is 0.317 e. The molecule has 0 bridgehead atoms. The number of hydrogen-bond donors (Lipinski definition) is 8. The highest BCUT2D eigenvalue weighted by molar-refractivity contribution is 4.81. The maximum absolute atomic E-state index is 3.64. The Hall–Kier alpha value is -0.580. The molecule has 8 nitrogen and oxygen atoms in total. The fourth-order valence-corrected chi connectivity index (χ4v) is 6.07. The molecule has 0 saturated heterocycles. The summed E-state index contributed by atoms with van der Waals surface area (Å²) < 4.78 is 0. The summed E-state index contributed by atoms with van der Waals surface area (Å²) in [5, 5.41) is 28.4. The van der Waals surface area contributed by atoms with Crippen LogP contribution < -0.4 is 42.5 Å². The number of nitrogens with one attached hydrogen (secondary N) is 8. The van der Waals surface area contributed by atoms with Gasteiger partial charge in [-0.3, -0.25) is 0 Å². The number of hydrogen-bond acceptors (Lipinski definition) is 8.